The van der Waals surface area contributed by atoms with Crippen LogP contribution in [0.4, 0.5) is 0 Å². The monoisotopic (exact) mass is 224 g/mol. The average molecular weight is 225 g/mol. The molecule has 0 aliphatic heterocycles. The van der Waals surface area contributed by atoms with Crippen LogP contribution in [0.5, 0.6) is 5.75 Å². The molecule has 0 aliphatic carbocycles. The number of hydrogen-bond donors (Lipinski definition) is 0. The Bertz CT molecular complexity index is 309. The van der Waals surface area contributed by atoms with Crippen molar-refractivity contribution in [3.05, 3.63) is 42.5 Å². The van der Waals surface area contributed by atoms with Crippen LogP contribution in [0.3, 0.4) is 0 Å². The van der Waals surface area contributed by atoms with Gasteiger partial charge in [-0.1, -0.05) is 31.2 Å². The number of para-hydroxylation sites is 1. The average Bonchev–Trinajstić information content (AvgIpc) is 2.28. The van der Waals surface area contributed by atoms with E-state index >= 15 is 0 Å². The highest BCUT2D eigenvalue weighted by Gasteiger charge is 2.04. The van der Waals surface area contributed by atoms with Gasteiger partial charge in [-0.2, -0.15) is 0 Å². The number of alkyl halides is 1. The summed E-state index contributed by atoms with van der Waals surface area (Å²) >= 11 is 5.72. The second-order valence-corrected chi connectivity index (χ2v) is 3.98. The van der Waals surface area contributed by atoms with E-state index in [9.17, 15) is 0 Å². The van der Waals surface area contributed by atoms with E-state index in [0.29, 0.717) is 18.4 Å². The Kier molecular flexibility index (Phi) is 5.27. The lowest BCUT2D eigenvalue weighted by Gasteiger charge is -2.13. The van der Waals surface area contributed by atoms with Crippen molar-refractivity contribution in [3.8, 4) is 5.75 Å². The normalized spacial score (nSPS) is 12.1. The summed E-state index contributed by atoms with van der Waals surface area (Å²) in [6.45, 7) is 6.47. The summed E-state index contributed by atoms with van der Waals surface area (Å²) in [4.78, 5) is 0. The maximum atomic E-state index is 5.72. The molecule has 0 spiro atoms. The molecule has 0 saturated carbocycles. The van der Waals surface area contributed by atoms with Gasteiger partial charge in [0.2, 0.25) is 0 Å². The first-order valence-electron chi connectivity index (χ1n) is 5.15. The number of ether oxygens (including phenoxy) is 1. The lowest BCUT2D eigenvalue weighted by Crippen LogP contribution is -2.10. The van der Waals surface area contributed by atoms with Crippen molar-refractivity contribution in [1.82, 2.24) is 0 Å². The number of allylic oxidation sites excluding steroid dienone is 1. The van der Waals surface area contributed by atoms with E-state index in [0.717, 1.165) is 12.2 Å². The molecule has 0 fully saturated rings. The Morgan fingerprint density at radius 3 is 2.87 bits per heavy atom. The number of benzene rings is 1. The summed E-state index contributed by atoms with van der Waals surface area (Å²) in [6.07, 6.45) is 2.72. The van der Waals surface area contributed by atoms with Crippen molar-refractivity contribution in [2.75, 3.05) is 12.5 Å². The Hall–Kier alpha value is -0.950. The summed E-state index contributed by atoms with van der Waals surface area (Å²) in [5, 5.41) is 0. The predicted octanol–water partition coefficient (Wildman–Crippen LogP) is 3.67. The van der Waals surface area contributed by atoms with Crippen LogP contribution in [0.25, 0.3) is 0 Å². The zero-order valence-electron chi connectivity index (χ0n) is 9.08. The van der Waals surface area contributed by atoms with Gasteiger partial charge in [0.1, 0.15) is 5.75 Å². The molecule has 0 aliphatic rings. The molecular weight excluding hydrogens is 208 g/mol. The maximum Gasteiger partial charge on any atom is 0.122 e. The molecule has 0 saturated heterocycles. The zero-order chi connectivity index (χ0) is 11.1. The standard InChI is InChI=1S/C13H17ClO/c1-3-6-12-7-4-5-8-13(12)15-10-11(2)9-14/h3-5,7-8,11H,1,6,9-10H2,2H3. The van der Waals surface area contributed by atoms with E-state index in [4.69, 9.17) is 16.3 Å². The maximum absolute atomic E-state index is 5.72. The molecule has 1 atom stereocenters. The minimum absolute atomic E-state index is 0.378. The van der Waals surface area contributed by atoms with Crippen LogP contribution in [0.1, 0.15) is 12.5 Å². The Labute approximate surface area is 96.7 Å². The van der Waals surface area contributed by atoms with Crippen molar-refractivity contribution >= 4 is 11.6 Å². The van der Waals surface area contributed by atoms with Crippen molar-refractivity contribution in [2.45, 2.75) is 13.3 Å². The molecule has 1 nitrogen and oxygen atoms in total. The smallest absolute Gasteiger partial charge is 0.122 e. The van der Waals surface area contributed by atoms with Gasteiger partial charge >= 0.3 is 0 Å². The lowest BCUT2D eigenvalue weighted by atomic mass is 10.1. The van der Waals surface area contributed by atoms with Gasteiger partial charge in [0.15, 0.2) is 0 Å². The second-order valence-electron chi connectivity index (χ2n) is 3.67. The highest BCUT2D eigenvalue weighted by atomic mass is 35.5. The van der Waals surface area contributed by atoms with E-state index in [2.05, 4.69) is 19.6 Å². The molecule has 1 rings (SSSR count). The third kappa shape index (κ3) is 3.96. The number of hydrogen-bond acceptors (Lipinski definition) is 1. The van der Waals surface area contributed by atoms with Crippen LogP contribution < -0.4 is 4.74 Å². The van der Waals surface area contributed by atoms with Crippen LogP contribution in [-0.2, 0) is 6.42 Å². The van der Waals surface area contributed by atoms with E-state index in [1.54, 1.807) is 0 Å². The van der Waals surface area contributed by atoms with E-state index in [1.165, 1.54) is 5.56 Å². The fourth-order valence-corrected chi connectivity index (χ4v) is 1.33. The lowest BCUT2D eigenvalue weighted by molar-refractivity contribution is 0.270. The van der Waals surface area contributed by atoms with E-state index in [1.807, 2.05) is 24.3 Å². The molecule has 0 heterocycles. The predicted molar refractivity (Wildman–Crippen MR) is 65.7 cm³/mol. The quantitative estimate of drug-likeness (QED) is 0.529. The molecule has 0 bridgehead atoms. The van der Waals surface area contributed by atoms with Crippen LogP contribution in [-0.4, -0.2) is 12.5 Å². The van der Waals surface area contributed by atoms with Gasteiger partial charge in [-0.3, -0.25) is 0 Å². The Morgan fingerprint density at radius 1 is 1.47 bits per heavy atom. The molecule has 1 unspecified atom stereocenters. The summed E-state index contributed by atoms with van der Waals surface area (Å²) in [6, 6.07) is 8.03. The van der Waals surface area contributed by atoms with Gasteiger partial charge in [0.25, 0.3) is 0 Å². The van der Waals surface area contributed by atoms with E-state index < -0.39 is 0 Å². The molecule has 0 amide bonds. The SMILES string of the molecule is C=CCc1ccccc1OCC(C)CCl. The third-order valence-electron chi connectivity index (χ3n) is 2.12. The highest BCUT2D eigenvalue weighted by Crippen LogP contribution is 2.19. The minimum atomic E-state index is 0.378. The molecular formula is C13H17ClO. The molecule has 15 heavy (non-hydrogen) atoms. The zero-order valence-corrected chi connectivity index (χ0v) is 9.83. The van der Waals surface area contributed by atoms with Crippen molar-refractivity contribution in [3.63, 3.8) is 0 Å². The third-order valence-corrected chi connectivity index (χ3v) is 2.65. The molecule has 1 aromatic carbocycles. The van der Waals surface area contributed by atoms with Gasteiger partial charge < -0.3 is 4.74 Å². The first-order valence-corrected chi connectivity index (χ1v) is 5.69. The summed E-state index contributed by atoms with van der Waals surface area (Å²) in [7, 11) is 0. The molecule has 82 valence electrons. The molecule has 0 aromatic heterocycles. The van der Waals surface area contributed by atoms with Gasteiger partial charge in [0, 0.05) is 11.8 Å². The van der Waals surface area contributed by atoms with Gasteiger partial charge in [-0.05, 0) is 18.1 Å². The van der Waals surface area contributed by atoms with Gasteiger partial charge in [-0.15, -0.1) is 18.2 Å². The van der Waals surface area contributed by atoms with Crippen LogP contribution in [0, 0.1) is 5.92 Å². The van der Waals surface area contributed by atoms with E-state index in [-0.39, 0.29) is 0 Å². The fourth-order valence-electron chi connectivity index (χ4n) is 1.25. The first kappa shape index (κ1) is 12.1. The summed E-state index contributed by atoms with van der Waals surface area (Å²) in [5.41, 5.74) is 1.18. The largest absolute Gasteiger partial charge is 0.493 e. The summed E-state index contributed by atoms with van der Waals surface area (Å²) in [5.74, 6) is 1.95. The summed E-state index contributed by atoms with van der Waals surface area (Å²) < 4.78 is 5.71. The first-order chi connectivity index (χ1) is 7.27. The van der Waals surface area contributed by atoms with Crippen LogP contribution in [0.2, 0.25) is 0 Å². The van der Waals surface area contributed by atoms with Gasteiger partial charge in [0.05, 0.1) is 6.61 Å². The van der Waals surface area contributed by atoms with Crippen molar-refractivity contribution in [1.29, 1.82) is 0 Å². The Balaban J connectivity index is 2.62. The molecule has 0 radical (unpaired) electrons. The fraction of sp³-hybridized carbons (Fsp3) is 0.385. The van der Waals surface area contributed by atoms with Crippen LogP contribution in [0.15, 0.2) is 36.9 Å². The minimum Gasteiger partial charge on any atom is -0.493 e. The molecule has 1 aromatic rings. The highest BCUT2D eigenvalue weighted by molar-refractivity contribution is 6.18. The van der Waals surface area contributed by atoms with Crippen molar-refractivity contribution < 1.29 is 4.74 Å². The number of rotatable bonds is 6. The molecule has 0 N–H and O–H groups in total. The Morgan fingerprint density at radius 2 is 2.20 bits per heavy atom. The van der Waals surface area contributed by atoms with Crippen LogP contribution >= 0.6 is 11.6 Å². The molecule has 2 heteroatoms. The van der Waals surface area contributed by atoms with Crippen molar-refractivity contribution in [2.24, 2.45) is 5.92 Å². The van der Waals surface area contributed by atoms with Gasteiger partial charge in [-0.25, -0.2) is 0 Å². The number of halogens is 1. The second kappa shape index (κ2) is 6.52. The topological polar surface area (TPSA) is 9.23 Å².